The van der Waals surface area contributed by atoms with Crippen molar-refractivity contribution in [2.45, 2.75) is 39.3 Å². The second-order valence-electron chi connectivity index (χ2n) is 6.07. The SMILES string of the molecule is CC[C@@H](C)n1nccc1NC(=O)[C@H](C)OC(=O)c1n[nH]c2ccccc12. The minimum Gasteiger partial charge on any atom is -0.448 e. The molecule has 8 nitrogen and oxygen atoms in total. The minimum atomic E-state index is -0.974. The zero-order valence-electron chi connectivity index (χ0n) is 14.9. The Hall–Kier alpha value is -3.16. The minimum absolute atomic E-state index is 0.147. The average molecular weight is 355 g/mol. The zero-order valence-corrected chi connectivity index (χ0v) is 14.9. The third-order valence-corrected chi connectivity index (χ3v) is 4.25. The smallest absolute Gasteiger partial charge is 0.360 e. The second-order valence-corrected chi connectivity index (χ2v) is 6.07. The van der Waals surface area contributed by atoms with Crippen LogP contribution in [0.1, 0.15) is 43.7 Å². The Labute approximate surface area is 150 Å². The topological polar surface area (TPSA) is 102 Å². The van der Waals surface area contributed by atoms with Crippen LogP contribution >= 0.6 is 0 Å². The number of para-hydroxylation sites is 1. The van der Waals surface area contributed by atoms with Gasteiger partial charge in [-0.2, -0.15) is 10.2 Å². The fraction of sp³-hybridized carbons (Fsp3) is 0.333. The number of nitrogens with zero attached hydrogens (tertiary/aromatic N) is 3. The van der Waals surface area contributed by atoms with Crippen LogP contribution < -0.4 is 5.32 Å². The van der Waals surface area contributed by atoms with Crippen LogP contribution in [0, 0.1) is 0 Å². The molecule has 0 saturated carbocycles. The van der Waals surface area contributed by atoms with Gasteiger partial charge in [0.1, 0.15) is 5.82 Å². The maximum Gasteiger partial charge on any atom is 0.360 e. The molecule has 0 saturated heterocycles. The van der Waals surface area contributed by atoms with E-state index in [1.807, 2.05) is 26.0 Å². The van der Waals surface area contributed by atoms with Gasteiger partial charge in [0.15, 0.2) is 11.8 Å². The fourth-order valence-electron chi connectivity index (χ4n) is 2.55. The van der Waals surface area contributed by atoms with Crippen molar-refractivity contribution in [2.75, 3.05) is 5.32 Å². The van der Waals surface area contributed by atoms with E-state index in [2.05, 4.69) is 20.6 Å². The summed E-state index contributed by atoms with van der Waals surface area (Å²) < 4.78 is 7.01. The van der Waals surface area contributed by atoms with Crippen LogP contribution in [0.25, 0.3) is 10.9 Å². The summed E-state index contributed by atoms with van der Waals surface area (Å²) in [7, 11) is 0. The van der Waals surface area contributed by atoms with Gasteiger partial charge in [-0.05, 0) is 26.3 Å². The third kappa shape index (κ3) is 3.44. The summed E-state index contributed by atoms with van der Waals surface area (Å²) >= 11 is 0. The molecule has 2 heterocycles. The predicted octanol–water partition coefficient (Wildman–Crippen LogP) is 2.91. The summed E-state index contributed by atoms with van der Waals surface area (Å²) in [4.78, 5) is 24.7. The highest BCUT2D eigenvalue weighted by molar-refractivity contribution is 6.03. The van der Waals surface area contributed by atoms with Crippen molar-refractivity contribution in [1.29, 1.82) is 0 Å². The second kappa shape index (κ2) is 7.38. The van der Waals surface area contributed by atoms with Crippen LogP contribution in [0.4, 0.5) is 5.82 Å². The maximum atomic E-state index is 12.4. The number of nitrogens with one attached hydrogen (secondary N) is 2. The molecule has 1 aromatic carbocycles. The number of carbonyl (C=O) groups is 2. The van der Waals surface area contributed by atoms with Crippen molar-refractivity contribution in [3.05, 3.63) is 42.2 Å². The predicted molar refractivity (Wildman–Crippen MR) is 96.8 cm³/mol. The molecule has 1 amide bonds. The monoisotopic (exact) mass is 355 g/mol. The summed E-state index contributed by atoms with van der Waals surface area (Å²) in [6, 6.07) is 9.08. The number of rotatable bonds is 6. The van der Waals surface area contributed by atoms with Gasteiger partial charge < -0.3 is 10.1 Å². The standard InChI is InChI=1S/C18H21N5O3/c1-4-11(2)23-15(9-10-19-23)20-17(24)12(3)26-18(25)16-13-7-5-6-8-14(13)21-22-16/h5-12H,4H2,1-3H3,(H,20,24)(H,21,22)/t11-,12+/m1/s1. The zero-order chi connectivity index (χ0) is 18.7. The molecular formula is C18H21N5O3. The molecular weight excluding hydrogens is 334 g/mol. The molecule has 0 aliphatic carbocycles. The van der Waals surface area contributed by atoms with Gasteiger partial charge in [-0.3, -0.25) is 9.89 Å². The molecule has 8 heteroatoms. The third-order valence-electron chi connectivity index (χ3n) is 4.25. The number of hydrogen-bond donors (Lipinski definition) is 2. The van der Waals surface area contributed by atoms with E-state index in [1.54, 1.807) is 29.1 Å². The molecule has 136 valence electrons. The molecule has 0 aliphatic heterocycles. The first kappa shape index (κ1) is 17.7. The van der Waals surface area contributed by atoms with Gasteiger partial charge in [-0.1, -0.05) is 25.1 Å². The number of carbonyl (C=O) groups excluding carboxylic acids is 2. The Kier molecular flexibility index (Phi) is 5.01. The lowest BCUT2D eigenvalue weighted by Gasteiger charge is -2.16. The number of amides is 1. The van der Waals surface area contributed by atoms with Gasteiger partial charge in [0.05, 0.1) is 17.8 Å². The van der Waals surface area contributed by atoms with Gasteiger partial charge in [0.25, 0.3) is 5.91 Å². The van der Waals surface area contributed by atoms with Gasteiger partial charge >= 0.3 is 5.97 Å². The number of hydrogen-bond acceptors (Lipinski definition) is 5. The Morgan fingerprint density at radius 3 is 2.81 bits per heavy atom. The van der Waals surface area contributed by atoms with Crippen LogP contribution in [0.3, 0.4) is 0 Å². The number of anilines is 1. The van der Waals surface area contributed by atoms with Crippen molar-refractivity contribution in [3.8, 4) is 0 Å². The van der Waals surface area contributed by atoms with Crippen molar-refractivity contribution < 1.29 is 14.3 Å². The van der Waals surface area contributed by atoms with Gasteiger partial charge in [0.2, 0.25) is 0 Å². The first-order chi connectivity index (χ1) is 12.5. The van der Waals surface area contributed by atoms with E-state index >= 15 is 0 Å². The Balaban J connectivity index is 1.68. The van der Waals surface area contributed by atoms with Gasteiger partial charge in [-0.15, -0.1) is 0 Å². The van der Waals surface area contributed by atoms with E-state index in [0.717, 1.165) is 11.9 Å². The van der Waals surface area contributed by atoms with Crippen LogP contribution in [0.15, 0.2) is 36.5 Å². The number of esters is 1. The number of fused-ring (bicyclic) bond motifs is 1. The summed E-state index contributed by atoms with van der Waals surface area (Å²) in [5, 5.41) is 14.4. The fourth-order valence-corrected chi connectivity index (χ4v) is 2.55. The van der Waals surface area contributed by atoms with E-state index in [-0.39, 0.29) is 11.7 Å². The highest BCUT2D eigenvalue weighted by Gasteiger charge is 2.23. The van der Waals surface area contributed by atoms with Crippen LogP contribution in [-0.2, 0) is 9.53 Å². The van der Waals surface area contributed by atoms with Crippen molar-refractivity contribution in [1.82, 2.24) is 20.0 Å². The molecule has 0 bridgehead atoms. The van der Waals surface area contributed by atoms with E-state index in [4.69, 9.17) is 4.74 Å². The molecule has 26 heavy (non-hydrogen) atoms. The molecule has 2 atom stereocenters. The number of ether oxygens (including phenoxy) is 1. The lowest BCUT2D eigenvalue weighted by atomic mass is 10.2. The van der Waals surface area contributed by atoms with Crippen LogP contribution in [-0.4, -0.2) is 38.0 Å². The van der Waals surface area contributed by atoms with E-state index in [9.17, 15) is 9.59 Å². The highest BCUT2D eigenvalue weighted by Crippen LogP contribution is 2.18. The van der Waals surface area contributed by atoms with Crippen LogP contribution in [0.2, 0.25) is 0 Å². The largest absolute Gasteiger partial charge is 0.448 e. The molecule has 2 aromatic heterocycles. The Morgan fingerprint density at radius 1 is 1.27 bits per heavy atom. The summed E-state index contributed by atoms with van der Waals surface area (Å²) in [5.41, 5.74) is 0.888. The van der Waals surface area contributed by atoms with Crippen molar-refractivity contribution in [2.24, 2.45) is 0 Å². The van der Waals surface area contributed by atoms with E-state index < -0.39 is 18.0 Å². The molecule has 0 unspecified atom stereocenters. The van der Waals surface area contributed by atoms with Gasteiger partial charge in [-0.25, -0.2) is 9.48 Å². The first-order valence-corrected chi connectivity index (χ1v) is 8.49. The number of benzene rings is 1. The van der Waals surface area contributed by atoms with E-state index in [1.165, 1.54) is 6.92 Å². The molecule has 0 fully saturated rings. The number of aromatic amines is 1. The lowest BCUT2D eigenvalue weighted by molar-refractivity contribution is -0.123. The lowest BCUT2D eigenvalue weighted by Crippen LogP contribution is -2.31. The normalized spacial score (nSPS) is 13.3. The van der Waals surface area contributed by atoms with Crippen molar-refractivity contribution >= 4 is 28.6 Å². The highest BCUT2D eigenvalue weighted by atomic mass is 16.5. The van der Waals surface area contributed by atoms with Crippen LogP contribution in [0.5, 0.6) is 0 Å². The van der Waals surface area contributed by atoms with Crippen molar-refractivity contribution in [3.63, 3.8) is 0 Å². The van der Waals surface area contributed by atoms with Gasteiger partial charge in [0, 0.05) is 11.5 Å². The molecule has 3 rings (SSSR count). The maximum absolute atomic E-state index is 12.4. The average Bonchev–Trinajstić information content (AvgIpc) is 3.27. The quantitative estimate of drug-likeness (QED) is 0.662. The summed E-state index contributed by atoms with van der Waals surface area (Å²) in [5.74, 6) is -0.513. The Morgan fingerprint density at radius 2 is 2.04 bits per heavy atom. The Bertz CT molecular complexity index is 930. The molecule has 2 N–H and O–H groups in total. The first-order valence-electron chi connectivity index (χ1n) is 8.49. The van der Waals surface area contributed by atoms with E-state index in [0.29, 0.717) is 11.2 Å². The number of aromatic nitrogens is 4. The summed E-state index contributed by atoms with van der Waals surface area (Å²) in [6.45, 7) is 5.57. The number of H-pyrrole nitrogens is 1. The summed E-state index contributed by atoms with van der Waals surface area (Å²) in [6.07, 6.45) is 1.52. The molecule has 0 radical (unpaired) electrons. The molecule has 3 aromatic rings. The molecule has 0 spiro atoms. The molecule has 0 aliphatic rings.